The number of nitrogens with one attached hydrogen (secondary N) is 1. The normalized spacial score (nSPS) is 13.0. The number of nitriles is 1. The first kappa shape index (κ1) is 15.9. The highest BCUT2D eigenvalue weighted by atomic mass is 16.5. The van der Waals surface area contributed by atoms with Crippen LogP contribution in [0, 0.1) is 11.3 Å². The van der Waals surface area contributed by atoms with Gasteiger partial charge in [0.2, 0.25) is 0 Å². The zero-order valence-corrected chi connectivity index (χ0v) is 12.8. The summed E-state index contributed by atoms with van der Waals surface area (Å²) < 4.78 is 5.61. The van der Waals surface area contributed by atoms with Gasteiger partial charge in [0.15, 0.2) is 6.10 Å². The molecule has 2 aromatic carbocycles. The summed E-state index contributed by atoms with van der Waals surface area (Å²) in [4.78, 5) is 0. The third kappa shape index (κ3) is 4.00. The third-order valence-electron chi connectivity index (χ3n) is 3.38. The molecular formula is C18H20N2O2. The highest BCUT2D eigenvalue weighted by Crippen LogP contribution is 2.29. The summed E-state index contributed by atoms with van der Waals surface area (Å²) in [6, 6.07) is 17.5. The Kier molecular flexibility index (Phi) is 5.40. The van der Waals surface area contributed by atoms with Crippen LogP contribution in [0.2, 0.25) is 0 Å². The maximum absolute atomic E-state index is 9.23. The number of rotatable bonds is 6. The van der Waals surface area contributed by atoms with Crippen molar-refractivity contribution in [2.24, 2.45) is 0 Å². The highest BCUT2D eigenvalue weighted by Gasteiger charge is 2.11. The Hall–Kier alpha value is -2.51. The summed E-state index contributed by atoms with van der Waals surface area (Å²) in [5.41, 5.74) is 2.80. The molecule has 22 heavy (non-hydrogen) atoms. The molecule has 2 unspecified atom stereocenters. The number of benzene rings is 2. The van der Waals surface area contributed by atoms with E-state index in [0.29, 0.717) is 5.75 Å². The quantitative estimate of drug-likeness (QED) is 0.854. The van der Waals surface area contributed by atoms with Gasteiger partial charge in [-0.05, 0) is 37.1 Å². The third-order valence-corrected chi connectivity index (χ3v) is 3.38. The Morgan fingerprint density at radius 2 is 1.95 bits per heavy atom. The largest absolute Gasteiger partial charge is 0.474 e. The van der Waals surface area contributed by atoms with Crippen LogP contribution in [0.1, 0.15) is 31.0 Å². The molecule has 0 fully saturated rings. The molecule has 0 aliphatic rings. The second kappa shape index (κ2) is 7.48. The Morgan fingerprint density at radius 1 is 1.18 bits per heavy atom. The second-order valence-corrected chi connectivity index (χ2v) is 5.15. The zero-order valence-electron chi connectivity index (χ0n) is 12.8. The van der Waals surface area contributed by atoms with E-state index in [4.69, 9.17) is 10.00 Å². The van der Waals surface area contributed by atoms with Crippen LogP contribution < -0.4 is 10.1 Å². The summed E-state index contributed by atoms with van der Waals surface area (Å²) in [7, 11) is 0. The molecular weight excluding hydrogens is 276 g/mol. The van der Waals surface area contributed by atoms with E-state index in [9.17, 15) is 5.11 Å². The van der Waals surface area contributed by atoms with Crippen LogP contribution in [0.4, 0.5) is 5.69 Å². The topological polar surface area (TPSA) is 65.3 Å². The van der Waals surface area contributed by atoms with Gasteiger partial charge >= 0.3 is 0 Å². The van der Waals surface area contributed by atoms with Crippen LogP contribution >= 0.6 is 0 Å². The molecule has 4 heteroatoms. The molecule has 2 atom stereocenters. The number of aliphatic hydroxyl groups is 1. The van der Waals surface area contributed by atoms with E-state index in [0.717, 1.165) is 16.8 Å². The molecule has 0 bridgehead atoms. The smallest absolute Gasteiger partial charge is 0.181 e. The molecule has 0 amide bonds. The standard InChI is InChI=1S/C18H20N2O2/c1-13(11-19)22-18-9-4-3-8-17(18)20-14(2)16-7-5-6-15(10-16)12-21/h3-10,13-14,20-21H,12H2,1-2H3. The number of ether oxygens (including phenoxy) is 1. The lowest BCUT2D eigenvalue weighted by Crippen LogP contribution is -2.12. The Bertz CT molecular complexity index is 664. The average Bonchev–Trinajstić information content (AvgIpc) is 2.56. The lowest BCUT2D eigenvalue weighted by Gasteiger charge is -2.19. The van der Waals surface area contributed by atoms with Crippen LogP contribution in [0.15, 0.2) is 48.5 Å². The number of aliphatic hydroxyl groups excluding tert-OH is 1. The summed E-state index contributed by atoms with van der Waals surface area (Å²) in [5.74, 6) is 0.654. The van der Waals surface area contributed by atoms with Gasteiger partial charge in [-0.2, -0.15) is 5.26 Å². The SMILES string of the molecule is CC(C#N)Oc1ccccc1NC(C)c1cccc(CO)c1. The van der Waals surface area contributed by atoms with Crippen molar-refractivity contribution >= 4 is 5.69 Å². The number of nitrogens with zero attached hydrogens (tertiary/aromatic N) is 1. The van der Waals surface area contributed by atoms with E-state index in [1.54, 1.807) is 6.92 Å². The Balaban J connectivity index is 2.17. The highest BCUT2D eigenvalue weighted by molar-refractivity contribution is 5.57. The van der Waals surface area contributed by atoms with Gasteiger partial charge in [-0.3, -0.25) is 0 Å². The molecule has 0 saturated heterocycles. The Labute approximate surface area is 131 Å². The van der Waals surface area contributed by atoms with E-state index >= 15 is 0 Å². The van der Waals surface area contributed by atoms with Gasteiger partial charge in [-0.25, -0.2) is 0 Å². The summed E-state index contributed by atoms with van der Waals surface area (Å²) in [6.07, 6.45) is -0.504. The van der Waals surface area contributed by atoms with Crippen LogP contribution in [0.5, 0.6) is 5.75 Å². The van der Waals surface area contributed by atoms with E-state index in [1.165, 1.54) is 0 Å². The minimum absolute atomic E-state index is 0.0277. The van der Waals surface area contributed by atoms with Crippen molar-refractivity contribution in [3.8, 4) is 11.8 Å². The van der Waals surface area contributed by atoms with Crippen molar-refractivity contribution in [2.75, 3.05) is 5.32 Å². The minimum Gasteiger partial charge on any atom is -0.474 e. The fourth-order valence-electron chi connectivity index (χ4n) is 2.18. The molecule has 0 radical (unpaired) electrons. The van der Waals surface area contributed by atoms with Crippen molar-refractivity contribution in [1.29, 1.82) is 5.26 Å². The van der Waals surface area contributed by atoms with Gasteiger partial charge in [0.05, 0.1) is 12.3 Å². The molecule has 2 rings (SSSR count). The fraction of sp³-hybridized carbons (Fsp3) is 0.278. The van der Waals surface area contributed by atoms with Crippen molar-refractivity contribution in [3.05, 3.63) is 59.7 Å². The van der Waals surface area contributed by atoms with E-state index in [2.05, 4.69) is 11.4 Å². The first-order valence-electron chi connectivity index (χ1n) is 7.25. The average molecular weight is 296 g/mol. The summed E-state index contributed by atoms with van der Waals surface area (Å²) in [6.45, 7) is 3.78. The van der Waals surface area contributed by atoms with Crippen molar-refractivity contribution in [2.45, 2.75) is 32.6 Å². The molecule has 0 aliphatic heterocycles. The van der Waals surface area contributed by atoms with Gasteiger partial charge in [-0.15, -0.1) is 0 Å². The van der Waals surface area contributed by atoms with Gasteiger partial charge in [0.1, 0.15) is 11.8 Å². The van der Waals surface area contributed by atoms with Crippen molar-refractivity contribution < 1.29 is 9.84 Å². The molecule has 0 spiro atoms. The minimum atomic E-state index is -0.504. The molecule has 0 heterocycles. The molecule has 2 aromatic rings. The molecule has 0 aromatic heterocycles. The van der Waals surface area contributed by atoms with Crippen molar-refractivity contribution in [1.82, 2.24) is 0 Å². The summed E-state index contributed by atoms with van der Waals surface area (Å²) >= 11 is 0. The fourth-order valence-corrected chi connectivity index (χ4v) is 2.18. The summed E-state index contributed by atoms with van der Waals surface area (Å²) in [5, 5.41) is 21.5. The maximum Gasteiger partial charge on any atom is 0.181 e. The van der Waals surface area contributed by atoms with Crippen LogP contribution in [0.25, 0.3) is 0 Å². The van der Waals surface area contributed by atoms with Gasteiger partial charge in [-0.1, -0.05) is 36.4 Å². The predicted molar refractivity (Wildman–Crippen MR) is 86.5 cm³/mol. The molecule has 2 N–H and O–H groups in total. The molecule has 4 nitrogen and oxygen atoms in total. The lowest BCUT2D eigenvalue weighted by atomic mass is 10.1. The number of hydrogen-bond donors (Lipinski definition) is 2. The first-order valence-corrected chi connectivity index (χ1v) is 7.25. The molecule has 0 aliphatic carbocycles. The maximum atomic E-state index is 9.23. The molecule has 114 valence electrons. The van der Waals surface area contributed by atoms with Gasteiger partial charge in [0.25, 0.3) is 0 Å². The van der Waals surface area contributed by atoms with Gasteiger partial charge < -0.3 is 15.2 Å². The van der Waals surface area contributed by atoms with Crippen LogP contribution in [-0.4, -0.2) is 11.2 Å². The van der Waals surface area contributed by atoms with E-state index in [-0.39, 0.29) is 12.6 Å². The number of para-hydroxylation sites is 2. The second-order valence-electron chi connectivity index (χ2n) is 5.15. The van der Waals surface area contributed by atoms with Crippen LogP contribution in [0.3, 0.4) is 0 Å². The number of hydrogen-bond acceptors (Lipinski definition) is 4. The van der Waals surface area contributed by atoms with E-state index in [1.807, 2.05) is 55.5 Å². The van der Waals surface area contributed by atoms with E-state index < -0.39 is 6.10 Å². The van der Waals surface area contributed by atoms with Crippen molar-refractivity contribution in [3.63, 3.8) is 0 Å². The first-order chi connectivity index (χ1) is 10.6. The lowest BCUT2D eigenvalue weighted by molar-refractivity contribution is 0.277. The predicted octanol–water partition coefficient (Wildman–Crippen LogP) is 3.64. The molecule has 0 saturated carbocycles. The van der Waals surface area contributed by atoms with Crippen LogP contribution in [-0.2, 0) is 6.61 Å². The van der Waals surface area contributed by atoms with Gasteiger partial charge in [0, 0.05) is 6.04 Å². The Morgan fingerprint density at radius 3 is 2.68 bits per heavy atom. The monoisotopic (exact) mass is 296 g/mol. The number of anilines is 1. The zero-order chi connectivity index (χ0) is 15.9.